The molecule has 0 spiro atoms. The second-order valence-corrected chi connectivity index (χ2v) is 1.02. The molecule has 0 rings (SSSR count). The third-order valence-electron chi connectivity index (χ3n) is 0.389. The van der Waals surface area contributed by atoms with Gasteiger partial charge in [0, 0.05) is 0 Å². The maximum absolute atomic E-state index is 9.05. The fourth-order valence-corrected chi connectivity index (χ4v) is 0.147. The van der Waals surface area contributed by atoms with E-state index in [1.807, 2.05) is 0 Å². The van der Waals surface area contributed by atoms with Crippen LogP contribution < -0.4 is 48.2 Å². The van der Waals surface area contributed by atoms with Crippen molar-refractivity contribution >= 4 is 0 Å². The van der Waals surface area contributed by atoms with Gasteiger partial charge < -0.3 is 10.5 Å². The monoisotopic (exact) mass is 286 g/mol. The molecular formula is Li2O17. The van der Waals surface area contributed by atoms with Gasteiger partial charge in [-0.25, -0.2) is 0 Å². The van der Waals surface area contributed by atoms with Gasteiger partial charge in [-0.1, -0.05) is 0 Å². The van der Waals surface area contributed by atoms with Crippen molar-refractivity contribution in [3.8, 4) is 0 Å². The van der Waals surface area contributed by atoms with Gasteiger partial charge in [-0.2, -0.15) is 0 Å². The molecule has 0 heterocycles. The van der Waals surface area contributed by atoms with Crippen LogP contribution in [0.25, 0.3) is 0 Å². The first-order chi connectivity index (χ1) is 8.41. The molecule has 0 aromatic rings. The number of hydrogen-bond donors (Lipinski definition) is 0. The molecule has 0 unspecified atom stereocenters. The van der Waals surface area contributed by atoms with Gasteiger partial charge in [-0.15, -0.1) is 0 Å². The van der Waals surface area contributed by atoms with Crippen molar-refractivity contribution in [2.45, 2.75) is 0 Å². The molecule has 0 radical (unpaired) electrons. The zero-order valence-electron chi connectivity index (χ0n) is 8.94. The Bertz CT molecular complexity index is 112. The van der Waals surface area contributed by atoms with Gasteiger partial charge >= 0.3 is 37.7 Å². The SMILES string of the molecule is [Li+].[Li+].[O-]OOOOOOOOOOOOOOO[O-]. The van der Waals surface area contributed by atoms with Crippen molar-refractivity contribution in [1.82, 2.24) is 0 Å². The summed E-state index contributed by atoms with van der Waals surface area (Å²) in [4.78, 5) is 0. The Kier molecular flexibility index (Phi) is 30.5. The first kappa shape index (κ1) is 24.5. The molecule has 0 saturated carbocycles. The number of rotatable bonds is 14. The van der Waals surface area contributed by atoms with Crippen LogP contribution in [0.4, 0.5) is 0 Å². The van der Waals surface area contributed by atoms with E-state index in [0.29, 0.717) is 0 Å². The first-order valence-electron chi connectivity index (χ1n) is 2.67. The van der Waals surface area contributed by atoms with Crippen LogP contribution in [0.1, 0.15) is 0 Å². The van der Waals surface area contributed by atoms with E-state index >= 15 is 0 Å². The quantitative estimate of drug-likeness (QED) is 0.126. The molecule has 19 heteroatoms. The molecule has 0 bridgehead atoms. The second-order valence-electron chi connectivity index (χ2n) is 1.02. The summed E-state index contributed by atoms with van der Waals surface area (Å²) in [5.41, 5.74) is 0. The fraction of sp³-hybridized carbons (Fsp3) is 0. The Balaban J connectivity index is -0.00000128. The Morgan fingerprint density at radius 3 is 0.632 bits per heavy atom. The molecule has 0 aliphatic rings. The van der Waals surface area contributed by atoms with Crippen LogP contribution in [-0.2, 0) is 75.6 Å². The zero-order valence-corrected chi connectivity index (χ0v) is 8.94. The minimum Gasteiger partial charge on any atom is -0.689 e. The molecule has 0 fully saturated rings. The Morgan fingerprint density at radius 1 is 0.316 bits per heavy atom. The molecule has 17 nitrogen and oxygen atoms in total. The molecule has 0 atom stereocenters. The summed E-state index contributed by atoms with van der Waals surface area (Å²) in [6.07, 6.45) is 0. The standard InChI is InChI=1S/2Li.H2O17/c;;1-3-5-7-9-11-13-15-17-16-14-12-10-8-6-4-2/h;;1-2H/q2*+1;/p-2. The molecule has 0 aliphatic carbocycles. The first-order valence-corrected chi connectivity index (χ1v) is 2.67. The molecule has 0 aromatic heterocycles. The maximum Gasteiger partial charge on any atom is 1.00 e. The van der Waals surface area contributed by atoms with Gasteiger partial charge in [-0.05, 0) is 65.5 Å². The predicted molar refractivity (Wildman–Crippen MR) is 16.3 cm³/mol. The van der Waals surface area contributed by atoms with E-state index in [4.69, 9.17) is 10.5 Å². The van der Waals surface area contributed by atoms with E-state index in [1.54, 1.807) is 0 Å². The maximum atomic E-state index is 9.05. The van der Waals surface area contributed by atoms with Gasteiger partial charge in [0.2, 0.25) is 0 Å². The average Bonchev–Trinajstić information content (AvgIpc) is 2.35. The van der Waals surface area contributed by atoms with Crippen LogP contribution in [0.3, 0.4) is 0 Å². The topological polar surface area (TPSA) is 185 Å². The average molecular weight is 286 g/mol. The summed E-state index contributed by atoms with van der Waals surface area (Å²) in [7, 11) is 0. The van der Waals surface area contributed by atoms with Crippen molar-refractivity contribution < 1.29 is 124 Å². The second kappa shape index (κ2) is 23.6. The summed E-state index contributed by atoms with van der Waals surface area (Å²) < 4.78 is 0. The molecule has 104 valence electrons. The van der Waals surface area contributed by atoms with Gasteiger partial charge in [0.1, 0.15) is 0 Å². The van der Waals surface area contributed by atoms with E-state index in [1.165, 1.54) is 0 Å². The van der Waals surface area contributed by atoms with E-state index in [9.17, 15) is 0 Å². The van der Waals surface area contributed by atoms with Gasteiger partial charge in [0.15, 0.2) is 0 Å². The van der Waals surface area contributed by atoms with Crippen LogP contribution in [0.2, 0.25) is 0 Å². The summed E-state index contributed by atoms with van der Waals surface area (Å²) in [5, 5.41) is 66.5. The minimum absolute atomic E-state index is 0. The van der Waals surface area contributed by atoms with Crippen molar-refractivity contribution in [3.63, 3.8) is 0 Å². The molecule has 0 aliphatic heterocycles. The van der Waals surface area contributed by atoms with Gasteiger partial charge in [-0.3, -0.25) is 10.1 Å². The molecule has 0 aromatic carbocycles. The normalized spacial score (nSPS) is 9.79. The zero-order chi connectivity index (χ0) is 12.6. The van der Waals surface area contributed by atoms with Crippen LogP contribution >= 0.6 is 0 Å². The van der Waals surface area contributed by atoms with E-state index in [2.05, 4.69) is 75.6 Å². The van der Waals surface area contributed by atoms with E-state index in [-0.39, 0.29) is 37.7 Å². The largest absolute Gasteiger partial charge is 1.00 e. The van der Waals surface area contributed by atoms with Crippen LogP contribution in [0.5, 0.6) is 0 Å². The van der Waals surface area contributed by atoms with E-state index < -0.39 is 0 Å². The van der Waals surface area contributed by atoms with Crippen molar-refractivity contribution in [1.29, 1.82) is 0 Å². The molecule has 19 heavy (non-hydrogen) atoms. The van der Waals surface area contributed by atoms with Crippen molar-refractivity contribution in [2.75, 3.05) is 0 Å². The summed E-state index contributed by atoms with van der Waals surface area (Å²) in [5.74, 6) is 0. The van der Waals surface area contributed by atoms with Gasteiger partial charge in [0.05, 0.1) is 0 Å². The Morgan fingerprint density at radius 2 is 0.474 bits per heavy atom. The number of hydrogen-bond acceptors (Lipinski definition) is 17. The van der Waals surface area contributed by atoms with Crippen LogP contribution in [0, 0.1) is 0 Å². The molecule has 0 amide bonds. The van der Waals surface area contributed by atoms with Crippen molar-refractivity contribution in [3.05, 3.63) is 0 Å². The Labute approximate surface area is 124 Å². The summed E-state index contributed by atoms with van der Waals surface area (Å²) in [6, 6.07) is 0. The van der Waals surface area contributed by atoms with Gasteiger partial charge in [0.25, 0.3) is 0 Å². The molecule has 0 saturated heterocycles. The minimum atomic E-state index is 0. The predicted octanol–water partition coefficient (Wildman–Crippen LogP) is -9.40. The Hall–Kier alpha value is 0.515. The van der Waals surface area contributed by atoms with Crippen LogP contribution in [0.15, 0.2) is 0 Å². The summed E-state index contributed by atoms with van der Waals surface area (Å²) >= 11 is 0. The smallest absolute Gasteiger partial charge is 0.689 e. The molecule has 0 N–H and O–H groups in total. The summed E-state index contributed by atoms with van der Waals surface area (Å²) in [6.45, 7) is 0. The third-order valence-corrected chi connectivity index (χ3v) is 0.389. The third kappa shape index (κ3) is 24.0. The fourth-order valence-electron chi connectivity index (χ4n) is 0.147. The molecular weight excluding hydrogens is 286 g/mol. The van der Waals surface area contributed by atoms with E-state index in [0.717, 1.165) is 0 Å². The van der Waals surface area contributed by atoms with Crippen LogP contribution in [-0.4, -0.2) is 0 Å². The van der Waals surface area contributed by atoms with Crippen molar-refractivity contribution in [2.24, 2.45) is 0 Å².